The van der Waals surface area contributed by atoms with Gasteiger partial charge in [-0.15, -0.1) is 0 Å². The lowest BCUT2D eigenvalue weighted by Gasteiger charge is -2.14. The molecule has 5 rings (SSSR count). The average Bonchev–Trinajstić information content (AvgIpc) is 3.53. The number of fused-ring (bicyclic) bond motifs is 1. The maximum Gasteiger partial charge on any atom is 0.264 e. The molecule has 0 saturated carbocycles. The Kier molecular flexibility index (Phi) is 5.22. The minimum atomic E-state index is -0.279. The van der Waals surface area contributed by atoms with E-state index in [1.165, 1.54) is 17.1 Å². The third kappa shape index (κ3) is 3.56. The topological polar surface area (TPSA) is 83.9 Å². The van der Waals surface area contributed by atoms with Crippen LogP contribution in [-0.2, 0) is 17.8 Å². The molecule has 0 N–H and O–H groups in total. The number of ketones is 1. The van der Waals surface area contributed by atoms with Crippen LogP contribution in [-0.4, -0.2) is 42.4 Å². The highest BCUT2D eigenvalue weighted by atomic mass is 16.5. The van der Waals surface area contributed by atoms with Crippen molar-refractivity contribution in [1.29, 1.82) is 0 Å². The molecule has 1 aromatic carbocycles. The van der Waals surface area contributed by atoms with Crippen LogP contribution in [0.3, 0.4) is 0 Å². The van der Waals surface area contributed by atoms with Crippen LogP contribution >= 0.6 is 0 Å². The zero-order valence-electron chi connectivity index (χ0n) is 18.2. The Morgan fingerprint density at radius 2 is 2.03 bits per heavy atom. The molecule has 1 aliphatic heterocycles. The van der Waals surface area contributed by atoms with Crippen molar-refractivity contribution in [3.63, 3.8) is 0 Å². The second kappa shape index (κ2) is 8.20. The quantitative estimate of drug-likeness (QED) is 0.438. The molecule has 8 heteroatoms. The van der Waals surface area contributed by atoms with E-state index in [-0.39, 0.29) is 24.0 Å². The third-order valence-electron chi connectivity index (χ3n) is 6.15. The normalized spacial score (nSPS) is 16.1. The molecular formula is C24H25N5O3. The summed E-state index contributed by atoms with van der Waals surface area (Å²) in [4.78, 5) is 30.6. The molecule has 4 aromatic rings. The Morgan fingerprint density at radius 3 is 2.78 bits per heavy atom. The van der Waals surface area contributed by atoms with Crippen molar-refractivity contribution < 1.29 is 9.53 Å². The Labute approximate surface area is 185 Å². The van der Waals surface area contributed by atoms with Crippen molar-refractivity contribution in [3.8, 4) is 5.69 Å². The first kappa shape index (κ1) is 20.4. The number of para-hydroxylation sites is 1. The zero-order valence-corrected chi connectivity index (χ0v) is 18.2. The Balaban J connectivity index is 1.42. The van der Waals surface area contributed by atoms with Crippen LogP contribution in [0.25, 0.3) is 16.7 Å². The van der Waals surface area contributed by atoms with Gasteiger partial charge in [-0.2, -0.15) is 5.10 Å². The first-order valence-electron chi connectivity index (χ1n) is 10.8. The van der Waals surface area contributed by atoms with Gasteiger partial charge in [0, 0.05) is 30.1 Å². The lowest BCUT2D eigenvalue weighted by molar-refractivity contribution is 0.0948. The molecule has 1 unspecified atom stereocenters. The number of aromatic nitrogens is 5. The van der Waals surface area contributed by atoms with Crippen molar-refractivity contribution in [1.82, 2.24) is 23.9 Å². The number of hydrogen-bond donors (Lipinski definition) is 0. The van der Waals surface area contributed by atoms with Gasteiger partial charge >= 0.3 is 0 Å². The standard InChI is InChI=1S/C24H25N5O3/c1-16-11-20(17(2)28(16)13-19-9-6-10-32-19)22(30)14-27-15-25-23-21(24(27)31)12-26-29(23)18-7-4-3-5-8-18/h3-5,7-8,11-12,15,19H,6,9-10,13-14H2,1-2H3. The fraction of sp³-hybridized carbons (Fsp3) is 0.333. The summed E-state index contributed by atoms with van der Waals surface area (Å²) in [6.45, 7) is 5.43. The SMILES string of the molecule is Cc1cc(C(=O)Cn2cnc3c(cnn3-c3ccccc3)c2=O)c(C)n1CC1CCCO1. The van der Waals surface area contributed by atoms with Crippen molar-refractivity contribution >= 4 is 16.8 Å². The number of nitrogens with zero attached hydrogens (tertiary/aromatic N) is 5. The van der Waals surface area contributed by atoms with Crippen molar-refractivity contribution in [2.24, 2.45) is 0 Å². The van der Waals surface area contributed by atoms with E-state index < -0.39 is 0 Å². The van der Waals surface area contributed by atoms with Gasteiger partial charge in [0.2, 0.25) is 0 Å². The van der Waals surface area contributed by atoms with E-state index in [1.807, 2.05) is 50.2 Å². The minimum absolute atomic E-state index is 0.0670. The molecule has 0 radical (unpaired) electrons. The summed E-state index contributed by atoms with van der Waals surface area (Å²) in [6, 6.07) is 11.4. The largest absolute Gasteiger partial charge is 0.376 e. The van der Waals surface area contributed by atoms with E-state index in [2.05, 4.69) is 14.6 Å². The van der Waals surface area contributed by atoms with Crippen LogP contribution in [0.15, 0.2) is 53.7 Å². The Bertz CT molecular complexity index is 1340. The first-order valence-corrected chi connectivity index (χ1v) is 10.8. The van der Waals surface area contributed by atoms with Crippen LogP contribution in [0.1, 0.15) is 34.6 Å². The van der Waals surface area contributed by atoms with Crippen LogP contribution < -0.4 is 5.56 Å². The molecule has 164 valence electrons. The van der Waals surface area contributed by atoms with E-state index in [1.54, 1.807) is 4.68 Å². The highest BCUT2D eigenvalue weighted by Crippen LogP contribution is 2.21. The maximum absolute atomic E-state index is 13.1. The molecule has 1 saturated heterocycles. The molecular weight excluding hydrogens is 406 g/mol. The van der Waals surface area contributed by atoms with Gasteiger partial charge in [-0.3, -0.25) is 14.2 Å². The van der Waals surface area contributed by atoms with Crippen molar-refractivity contribution in [3.05, 3.63) is 76.2 Å². The summed E-state index contributed by atoms with van der Waals surface area (Å²) >= 11 is 0. The number of aryl methyl sites for hydroxylation is 1. The van der Waals surface area contributed by atoms with Crippen LogP contribution in [0.4, 0.5) is 0 Å². The van der Waals surface area contributed by atoms with E-state index >= 15 is 0 Å². The van der Waals surface area contributed by atoms with Crippen LogP contribution in [0.5, 0.6) is 0 Å². The average molecular weight is 431 g/mol. The van der Waals surface area contributed by atoms with Gasteiger partial charge in [-0.1, -0.05) is 18.2 Å². The van der Waals surface area contributed by atoms with Gasteiger partial charge in [0.05, 0.1) is 24.5 Å². The third-order valence-corrected chi connectivity index (χ3v) is 6.15. The molecule has 1 fully saturated rings. The molecule has 0 spiro atoms. The molecule has 1 atom stereocenters. The van der Waals surface area contributed by atoms with Crippen LogP contribution in [0, 0.1) is 13.8 Å². The second-order valence-electron chi connectivity index (χ2n) is 8.26. The number of benzene rings is 1. The monoisotopic (exact) mass is 431 g/mol. The fourth-order valence-electron chi connectivity index (χ4n) is 4.42. The fourth-order valence-corrected chi connectivity index (χ4v) is 4.42. The molecule has 0 amide bonds. The summed E-state index contributed by atoms with van der Waals surface area (Å²) in [7, 11) is 0. The molecule has 0 bridgehead atoms. The summed E-state index contributed by atoms with van der Waals surface area (Å²) in [5, 5.41) is 4.71. The van der Waals surface area contributed by atoms with Gasteiger partial charge in [-0.25, -0.2) is 9.67 Å². The van der Waals surface area contributed by atoms with Gasteiger partial charge in [-0.05, 0) is 44.9 Å². The minimum Gasteiger partial charge on any atom is -0.376 e. The molecule has 3 aromatic heterocycles. The maximum atomic E-state index is 13.1. The van der Waals surface area contributed by atoms with Crippen LogP contribution in [0.2, 0.25) is 0 Å². The number of Topliss-reactive ketones (excluding diaryl/α,β-unsaturated/α-hetero) is 1. The van der Waals surface area contributed by atoms with Gasteiger partial charge < -0.3 is 9.30 Å². The summed E-state index contributed by atoms with van der Waals surface area (Å²) < 4.78 is 10.9. The van der Waals surface area contributed by atoms with E-state index in [0.717, 1.165) is 43.1 Å². The van der Waals surface area contributed by atoms with Gasteiger partial charge in [0.15, 0.2) is 11.4 Å². The first-order chi connectivity index (χ1) is 15.5. The summed E-state index contributed by atoms with van der Waals surface area (Å²) in [5.41, 5.74) is 3.57. The van der Waals surface area contributed by atoms with E-state index in [0.29, 0.717) is 16.6 Å². The molecule has 1 aliphatic rings. The van der Waals surface area contributed by atoms with Gasteiger partial charge in [0.25, 0.3) is 5.56 Å². The zero-order chi connectivity index (χ0) is 22.2. The molecule has 8 nitrogen and oxygen atoms in total. The summed E-state index contributed by atoms with van der Waals surface area (Å²) in [6.07, 6.45) is 5.24. The second-order valence-corrected chi connectivity index (χ2v) is 8.26. The number of ether oxygens (including phenoxy) is 1. The molecule has 32 heavy (non-hydrogen) atoms. The van der Waals surface area contributed by atoms with E-state index in [9.17, 15) is 9.59 Å². The van der Waals surface area contributed by atoms with Gasteiger partial charge in [0.1, 0.15) is 11.7 Å². The lowest BCUT2D eigenvalue weighted by Crippen LogP contribution is -2.25. The molecule has 4 heterocycles. The highest BCUT2D eigenvalue weighted by Gasteiger charge is 2.22. The predicted octanol–water partition coefficient (Wildman–Crippen LogP) is 3.06. The number of carbonyl (C=O) groups is 1. The molecule has 0 aliphatic carbocycles. The predicted molar refractivity (Wildman–Crippen MR) is 120 cm³/mol. The van der Waals surface area contributed by atoms with Crippen molar-refractivity contribution in [2.45, 2.75) is 45.9 Å². The Morgan fingerprint density at radius 1 is 1.22 bits per heavy atom. The van der Waals surface area contributed by atoms with E-state index in [4.69, 9.17) is 4.74 Å². The Hall–Kier alpha value is -3.52. The summed E-state index contributed by atoms with van der Waals surface area (Å²) in [5.74, 6) is -0.115. The number of hydrogen-bond acceptors (Lipinski definition) is 5. The van der Waals surface area contributed by atoms with Crippen molar-refractivity contribution in [2.75, 3.05) is 6.61 Å². The number of carbonyl (C=O) groups excluding carboxylic acids is 1. The smallest absolute Gasteiger partial charge is 0.264 e. The lowest BCUT2D eigenvalue weighted by atomic mass is 10.1. The highest BCUT2D eigenvalue weighted by molar-refractivity contribution is 5.97. The number of rotatable bonds is 6.